The number of carbonyl (C=O) groups is 2. The summed E-state index contributed by atoms with van der Waals surface area (Å²) in [4.78, 5) is 22.1. The molecule has 1 rings (SSSR count). The van der Waals surface area contributed by atoms with E-state index in [2.05, 4.69) is 0 Å². The van der Waals surface area contributed by atoms with Gasteiger partial charge in [0.2, 0.25) is 0 Å². The average molecular weight is 236 g/mol. The second kappa shape index (κ2) is 9.58. The van der Waals surface area contributed by atoms with Crippen LogP contribution in [0.2, 0.25) is 0 Å². The standard InChI is InChI=1S/C12H14O3.C2H6/c1-2-15-12(14)11(9-13)8-10-6-4-3-5-7-10;1-2/h3-7,9,11H,2,8H2,1H3;1-2H3. The largest absolute Gasteiger partial charge is 0.465 e. The summed E-state index contributed by atoms with van der Waals surface area (Å²) in [6, 6.07) is 9.42. The summed E-state index contributed by atoms with van der Waals surface area (Å²) in [6.45, 7) is 6.03. The lowest BCUT2D eigenvalue weighted by Gasteiger charge is -2.08. The number of hydrogen-bond acceptors (Lipinski definition) is 3. The second-order valence-corrected chi connectivity index (χ2v) is 3.18. The fourth-order valence-corrected chi connectivity index (χ4v) is 1.30. The molecule has 0 spiro atoms. The highest BCUT2D eigenvalue weighted by molar-refractivity contribution is 5.88. The Bertz CT molecular complexity index is 319. The Kier molecular flexibility index (Phi) is 8.65. The molecule has 0 N–H and O–H groups in total. The van der Waals surface area contributed by atoms with Crippen LogP contribution in [0.1, 0.15) is 26.3 Å². The third kappa shape index (κ3) is 5.85. The van der Waals surface area contributed by atoms with Crippen molar-refractivity contribution in [2.75, 3.05) is 6.61 Å². The van der Waals surface area contributed by atoms with Crippen molar-refractivity contribution in [3.63, 3.8) is 0 Å². The lowest BCUT2D eigenvalue weighted by atomic mass is 10.0. The van der Waals surface area contributed by atoms with Gasteiger partial charge in [0.25, 0.3) is 0 Å². The first kappa shape index (κ1) is 15.4. The Morgan fingerprint density at radius 1 is 1.29 bits per heavy atom. The maximum atomic E-state index is 11.3. The van der Waals surface area contributed by atoms with Crippen molar-refractivity contribution in [3.05, 3.63) is 35.9 Å². The number of rotatable bonds is 5. The Hall–Kier alpha value is -1.64. The molecule has 0 radical (unpaired) electrons. The first-order chi connectivity index (χ1) is 8.27. The molecule has 0 bridgehead atoms. The maximum Gasteiger partial charge on any atom is 0.316 e. The highest BCUT2D eigenvalue weighted by Crippen LogP contribution is 2.08. The smallest absolute Gasteiger partial charge is 0.316 e. The van der Waals surface area contributed by atoms with Crippen LogP contribution >= 0.6 is 0 Å². The number of esters is 1. The van der Waals surface area contributed by atoms with Crippen LogP contribution in [0.25, 0.3) is 0 Å². The number of carbonyl (C=O) groups excluding carboxylic acids is 2. The minimum atomic E-state index is -0.688. The van der Waals surface area contributed by atoms with E-state index < -0.39 is 11.9 Å². The molecule has 0 heterocycles. The van der Waals surface area contributed by atoms with Crippen LogP contribution in [0, 0.1) is 5.92 Å². The van der Waals surface area contributed by atoms with Crippen LogP contribution in [-0.4, -0.2) is 18.9 Å². The van der Waals surface area contributed by atoms with E-state index in [9.17, 15) is 9.59 Å². The van der Waals surface area contributed by atoms with Crippen LogP contribution in [0.3, 0.4) is 0 Å². The molecular formula is C14H20O3. The molecule has 1 atom stereocenters. The molecule has 0 amide bonds. The molecule has 94 valence electrons. The quantitative estimate of drug-likeness (QED) is 0.448. The minimum absolute atomic E-state index is 0.304. The van der Waals surface area contributed by atoms with Gasteiger partial charge in [-0.2, -0.15) is 0 Å². The minimum Gasteiger partial charge on any atom is -0.465 e. The first-order valence-corrected chi connectivity index (χ1v) is 5.93. The second-order valence-electron chi connectivity index (χ2n) is 3.18. The lowest BCUT2D eigenvalue weighted by molar-refractivity contribution is -0.149. The maximum absolute atomic E-state index is 11.3. The van der Waals surface area contributed by atoms with E-state index >= 15 is 0 Å². The number of ether oxygens (including phenoxy) is 1. The van der Waals surface area contributed by atoms with Crippen molar-refractivity contribution < 1.29 is 14.3 Å². The van der Waals surface area contributed by atoms with E-state index in [0.717, 1.165) is 5.56 Å². The van der Waals surface area contributed by atoms with Crippen molar-refractivity contribution in [3.8, 4) is 0 Å². The van der Waals surface area contributed by atoms with Crippen molar-refractivity contribution in [1.82, 2.24) is 0 Å². The topological polar surface area (TPSA) is 43.4 Å². The van der Waals surface area contributed by atoms with Crippen molar-refractivity contribution >= 4 is 12.3 Å². The van der Waals surface area contributed by atoms with Gasteiger partial charge in [-0.05, 0) is 18.9 Å². The van der Waals surface area contributed by atoms with Gasteiger partial charge >= 0.3 is 5.97 Å². The Labute approximate surface area is 103 Å². The summed E-state index contributed by atoms with van der Waals surface area (Å²) in [5.74, 6) is -1.14. The molecule has 0 fully saturated rings. The Morgan fingerprint density at radius 2 is 1.88 bits per heavy atom. The fraction of sp³-hybridized carbons (Fsp3) is 0.429. The van der Waals surface area contributed by atoms with Gasteiger partial charge in [0.05, 0.1) is 6.61 Å². The molecule has 3 heteroatoms. The molecule has 0 aromatic heterocycles. The van der Waals surface area contributed by atoms with Gasteiger partial charge in [-0.1, -0.05) is 44.2 Å². The van der Waals surface area contributed by atoms with E-state index in [1.807, 2.05) is 44.2 Å². The van der Waals surface area contributed by atoms with Crippen LogP contribution < -0.4 is 0 Å². The molecule has 0 aliphatic carbocycles. The first-order valence-electron chi connectivity index (χ1n) is 5.93. The SMILES string of the molecule is CC.CCOC(=O)C(C=O)Cc1ccccc1. The zero-order valence-corrected chi connectivity index (χ0v) is 10.7. The van der Waals surface area contributed by atoms with Crippen LogP contribution in [-0.2, 0) is 20.7 Å². The zero-order chi connectivity index (χ0) is 13.1. The van der Waals surface area contributed by atoms with Crippen LogP contribution in [0.5, 0.6) is 0 Å². The van der Waals surface area contributed by atoms with Gasteiger partial charge < -0.3 is 9.53 Å². The van der Waals surface area contributed by atoms with Gasteiger partial charge in [0.1, 0.15) is 12.2 Å². The van der Waals surface area contributed by atoms with Gasteiger partial charge in [-0.15, -0.1) is 0 Å². The molecule has 1 unspecified atom stereocenters. The Balaban J connectivity index is 0.00000121. The third-order valence-corrected chi connectivity index (χ3v) is 2.05. The highest BCUT2D eigenvalue weighted by atomic mass is 16.5. The molecule has 1 aromatic rings. The molecule has 0 aliphatic heterocycles. The summed E-state index contributed by atoms with van der Waals surface area (Å²) in [5.41, 5.74) is 0.961. The molecular weight excluding hydrogens is 216 g/mol. The van der Waals surface area contributed by atoms with Crippen LogP contribution in [0.4, 0.5) is 0 Å². The molecule has 0 saturated heterocycles. The van der Waals surface area contributed by atoms with Crippen molar-refractivity contribution in [2.24, 2.45) is 5.92 Å². The van der Waals surface area contributed by atoms with Gasteiger partial charge in [0, 0.05) is 0 Å². The fourth-order valence-electron chi connectivity index (χ4n) is 1.30. The molecule has 3 nitrogen and oxygen atoms in total. The highest BCUT2D eigenvalue weighted by Gasteiger charge is 2.18. The van der Waals surface area contributed by atoms with Gasteiger partial charge in [-0.25, -0.2) is 0 Å². The van der Waals surface area contributed by atoms with Crippen LogP contribution in [0.15, 0.2) is 30.3 Å². The monoisotopic (exact) mass is 236 g/mol. The summed E-state index contributed by atoms with van der Waals surface area (Å²) in [7, 11) is 0. The Morgan fingerprint density at radius 3 is 2.35 bits per heavy atom. The van der Waals surface area contributed by atoms with E-state index in [0.29, 0.717) is 19.3 Å². The lowest BCUT2D eigenvalue weighted by Crippen LogP contribution is -2.21. The van der Waals surface area contributed by atoms with E-state index in [1.165, 1.54) is 0 Å². The summed E-state index contributed by atoms with van der Waals surface area (Å²) < 4.78 is 4.80. The van der Waals surface area contributed by atoms with Gasteiger partial charge in [0.15, 0.2) is 0 Å². The summed E-state index contributed by atoms with van der Waals surface area (Å²) >= 11 is 0. The van der Waals surface area contributed by atoms with E-state index in [1.54, 1.807) is 6.92 Å². The number of benzene rings is 1. The number of aldehydes is 1. The zero-order valence-electron chi connectivity index (χ0n) is 10.7. The molecule has 0 aliphatic rings. The summed E-state index contributed by atoms with van der Waals surface area (Å²) in [5, 5.41) is 0. The van der Waals surface area contributed by atoms with Crippen molar-refractivity contribution in [2.45, 2.75) is 27.2 Å². The summed E-state index contributed by atoms with van der Waals surface area (Å²) in [6.07, 6.45) is 1.05. The van der Waals surface area contributed by atoms with Gasteiger partial charge in [-0.3, -0.25) is 4.79 Å². The predicted octanol–water partition coefficient (Wildman–Crippen LogP) is 2.63. The van der Waals surface area contributed by atoms with E-state index in [-0.39, 0.29) is 0 Å². The van der Waals surface area contributed by atoms with Crippen molar-refractivity contribution in [1.29, 1.82) is 0 Å². The molecule has 1 aromatic carbocycles. The molecule has 17 heavy (non-hydrogen) atoms. The number of hydrogen-bond donors (Lipinski definition) is 0. The normalized spacial score (nSPS) is 10.8. The average Bonchev–Trinajstić information content (AvgIpc) is 2.39. The third-order valence-electron chi connectivity index (χ3n) is 2.05. The molecule has 0 saturated carbocycles. The predicted molar refractivity (Wildman–Crippen MR) is 67.7 cm³/mol. The van der Waals surface area contributed by atoms with E-state index in [4.69, 9.17) is 4.74 Å².